The van der Waals surface area contributed by atoms with E-state index in [1.165, 1.54) is 0 Å². The molecule has 0 saturated heterocycles. The van der Waals surface area contributed by atoms with Gasteiger partial charge >= 0.3 is 5.69 Å². The molecular weight excluding hydrogens is 288 g/mol. The average Bonchev–Trinajstić information content (AvgIpc) is 2.66. The summed E-state index contributed by atoms with van der Waals surface area (Å²) in [5.41, 5.74) is 1.48. The minimum atomic E-state index is -3.25. The van der Waals surface area contributed by atoms with Crippen molar-refractivity contribution in [3.05, 3.63) is 34.7 Å². The number of fused-ring (bicyclic) bond motifs is 1. The number of benzene rings is 1. The van der Waals surface area contributed by atoms with Gasteiger partial charge in [0.2, 0.25) is 0 Å². The van der Waals surface area contributed by atoms with Gasteiger partial charge in [-0.3, -0.25) is 9.13 Å². The van der Waals surface area contributed by atoms with Gasteiger partial charge in [-0.2, -0.15) is 0 Å². The van der Waals surface area contributed by atoms with E-state index in [1.54, 1.807) is 29.9 Å². The van der Waals surface area contributed by atoms with Crippen molar-refractivity contribution in [3.63, 3.8) is 0 Å². The summed E-state index contributed by atoms with van der Waals surface area (Å²) in [6.45, 7) is 7.70. The Labute approximate surface area is 125 Å². The molecule has 2 rings (SSSR count). The first-order valence-electron chi connectivity index (χ1n) is 7.09. The van der Waals surface area contributed by atoms with E-state index in [0.717, 1.165) is 11.0 Å². The Morgan fingerprint density at radius 2 is 1.57 bits per heavy atom. The van der Waals surface area contributed by atoms with E-state index in [9.17, 15) is 13.2 Å². The van der Waals surface area contributed by atoms with Crippen LogP contribution in [0.25, 0.3) is 11.0 Å². The van der Waals surface area contributed by atoms with Gasteiger partial charge in [0, 0.05) is 13.1 Å². The standard InChI is InChI=1S/C15H22N2O3S/c1-5-16-12-8-6-7-9-13(12)17(14(16)18)10-11-21(19,20)15(2,3)4/h6-9H,5,10-11H2,1-4H3. The van der Waals surface area contributed by atoms with Crippen LogP contribution in [-0.2, 0) is 22.9 Å². The number of aryl methyl sites for hydroxylation is 2. The molecule has 0 amide bonds. The number of para-hydroxylation sites is 2. The van der Waals surface area contributed by atoms with E-state index >= 15 is 0 Å². The number of sulfone groups is 1. The number of aromatic nitrogens is 2. The topological polar surface area (TPSA) is 61.1 Å². The highest BCUT2D eigenvalue weighted by atomic mass is 32.2. The molecule has 116 valence electrons. The van der Waals surface area contributed by atoms with Gasteiger partial charge in [-0.25, -0.2) is 13.2 Å². The van der Waals surface area contributed by atoms with Crippen molar-refractivity contribution < 1.29 is 8.42 Å². The molecule has 0 aliphatic rings. The van der Waals surface area contributed by atoms with Crippen molar-refractivity contribution in [1.82, 2.24) is 9.13 Å². The number of imidazole rings is 1. The van der Waals surface area contributed by atoms with Gasteiger partial charge in [0.05, 0.1) is 21.5 Å². The fourth-order valence-electron chi connectivity index (χ4n) is 2.31. The molecule has 6 heteroatoms. The van der Waals surface area contributed by atoms with Crippen LogP contribution in [0.2, 0.25) is 0 Å². The monoisotopic (exact) mass is 310 g/mol. The van der Waals surface area contributed by atoms with Crippen LogP contribution < -0.4 is 5.69 Å². The molecule has 1 aromatic heterocycles. The van der Waals surface area contributed by atoms with E-state index in [4.69, 9.17) is 0 Å². The lowest BCUT2D eigenvalue weighted by Crippen LogP contribution is -2.34. The van der Waals surface area contributed by atoms with Crippen molar-refractivity contribution in [3.8, 4) is 0 Å². The van der Waals surface area contributed by atoms with Gasteiger partial charge in [0.15, 0.2) is 9.84 Å². The third-order valence-electron chi connectivity index (χ3n) is 3.76. The molecule has 21 heavy (non-hydrogen) atoms. The van der Waals surface area contributed by atoms with Crippen LogP contribution in [0.1, 0.15) is 27.7 Å². The van der Waals surface area contributed by atoms with Crippen LogP contribution in [0, 0.1) is 0 Å². The minimum absolute atomic E-state index is 0.0336. The van der Waals surface area contributed by atoms with Gasteiger partial charge in [0.1, 0.15) is 0 Å². The second-order valence-corrected chi connectivity index (χ2v) is 8.96. The van der Waals surface area contributed by atoms with Crippen LogP contribution in [0.15, 0.2) is 29.1 Å². The highest BCUT2D eigenvalue weighted by Crippen LogP contribution is 2.18. The molecule has 0 unspecified atom stereocenters. The maximum Gasteiger partial charge on any atom is 0.329 e. The zero-order valence-corrected chi connectivity index (χ0v) is 13.8. The Bertz CT molecular complexity index is 808. The first-order valence-corrected chi connectivity index (χ1v) is 8.74. The third kappa shape index (κ3) is 2.77. The lowest BCUT2D eigenvalue weighted by Gasteiger charge is -2.19. The maximum atomic E-state index is 12.4. The Morgan fingerprint density at radius 3 is 2.05 bits per heavy atom. The molecule has 1 heterocycles. The number of rotatable bonds is 4. The highest BCUT2D eigenvalue weighted by molar-refractivity contribution is 7.92. The van der Waals surface area contributed by atoms with Crippen molar-refractivity contribution in [2.75, 3.05) is 5.75 Å². The molecule has 2 aromatic rings. The Balaban J connectivity index is 2.45. The van der Waals surface area contributed by atoms with E-state index in [0.29, 0.717) is 6.54 Å². The van der Waals surface area contributed by atoms with Gasteiger partial charge in [-0.15, -0.1) is 0 Å². The van der Waals surface area contributed by atoms with Crippen molar-refractivity contribution in [2.24, 2.45) is 0 Å². The first kappa shape index (κ1) is 15.8. The highest BCUT2D eigenvalue weighted by Gasteiger charge is 2.29. The number of nitrogens with zero attached hydrogens (tertiary/aromatic N) is 2. The minimum Gasteiger partial charge on any atom is -0.292 e. The van der Waals surface area contributed by atoms with Gasteiger partial charge in [0.25, 0.3) is 0 Å². The predicted octanol–water partition coefficient (Wildman–Crippen LogP) is 2.04. The van der Waals surface area contributed by atoms with Crippen LogP contribution >= 0.6 is 0 Å². The lowest BCUT2D eigenvalue weighted by atomic mass is 10.3. The molecule has 0 bridgehead atoms. The number of hydrogen-bond acceptors (Lipinski definition) is 3. The molecule has 0 atom stereocenters. The van der Waals surface area contributed by atoms with Crippen LogP contribution in [0.3, 0.4) is 0 Å². The molecule has 0 radical (unpaired) electrons. The van der Waals surface area contributed by atoms with E-state index in [2.05, 4.69) is 0 Å². The summed E-state index contributed by atoms with van der Waals surface area (Å²) in [5.74, 6) is -0.0336. The van der Waals surface area contributed by atoms with E-state index in [1.807, 2.05) is 31.2 Å². The first-order chi connectivity index (χ1) is 9.69. The van der Waals surface area contributed by atoms with Gasteiger partial charge in [-0.05, 0) is 39.8 Å². The smallest absolute Gasteiger partial charge is 0.292 e. The summed E-state index contributed by atoms with van der Waals surface area (Å²) >= 11 is 0. The van der Waals surface area contributed by atoms with Crippen molar-refractivity contribution >= 4 is 20.9 Å². The fraction of sp³-hybridized carbons (Fsp3) is 0.533. The van der Waals surface area contributed by atoms with Crippen LogP contribution in [0.4, 0.5) is 0 Å². The fourth-order valence-corrected chi connectivity index (χ4v) is 3.35. The predicted molar refractivity (Wildman–Crippen MR) is 85.4 cm³/mol. The van der Waals surface area contributed by atoms with Crippen molar-refractivity contribution in [1.29, 1.82) is 0 Å². The van der Waals surface area contributed by atoms with E-state index in [-0.39, 0.29) is 18.0 Å². The van der Waals surface area contributed by atoms with Crippen LogP contribution in [-0.4, -0.2) is 28.1 Å². The number of hydrogen-bond donors (Lipinski definition) is 0. The zero-order valence-electron chi connectivity index (χ0n) is 13.0. The van der Waals surface area contributed by atoms with E-state index < -0.39 is 14.6 Å². The molecule has 0 fully saturated rings. The SMILES string of the molecule is CCn1c(=O)n(CCS(=O)(=O)C(C)(C)C)c2ccccc21. The second-order valence-electron chi connectivity index (χ2n) is 6.10. The lowest BCUT2D eigenvalue weighted by molar-refractivity contribution is 0.552. The molecular formula is C15H22N2O3S. The zero-order chi connectivity index (χ0) is 15.8. The summed E-state index contributed by atoms with van der Waals surface area (Å²) < 4.78 is 26.9. The summed E-state index contributed by atoms with van der Waals surface area (Å²) in [4.78, 5) is 12.4. The average molecular weight is 310 g/mol. The van der Waals surface area contributed by atoms with Gasteiger partial charge < -0.3 is 0 Å². The van der Waals surface area contributed by atoms with Crippen LogP contribution in [0.5, 0.6) is 0 Å². The molecule has 0 aliphatic carbocycles. The molecule has 0 spiro atoms. The summed E-state index contributed by atoms with van der Waals surface area (Å²) in [7, 11) is -3.25. The Hall–Kier alpha value is -1.56. The summed E-state index contributed by atoms with van der Waals surface area (Å²) in [5, 5.41) is 0. The van der Waals surface area contributed by atoms with Crippen molar-refractivity contribution in [2.45, 2.75) is 45.5 Å². The molecule has 5 nitrogen and oxygen atoms in total. The molecule has 0 aliphatic heterocycles. The summed E-state index contributed by atoms with van der Waals surface area (Å²) in [6, 6.07) is 7.47. The third-order valence-corrected chi connectivity index (χ3v) is 6.34. The largest absolute Gasteiger partial charge is 0.329 e. The molecule has 1 aromatic carbocycles. The Morgan fingerprint density at radius 1 is 1.05 bits per heavy atom. The quantitative estimate of drug-likeness (QED) is 0.868. The molecule has 0 N–H and O–H groups in total. The summed E-state index contributed by atoms with van der Waals surface area (Å²) in [6.07, 6.45) is 0. The normalized spacial score (nSPS) is 13.0. The van der Waals surface area contributed by atoms with Gasteiger partial charge in [-0.1, -0.05) is 12.1 Å². The maximum absolute atomic E-state index is 12.4. The Kier molecular flexibility index (Phi) is 4.02. The molecule has 0 saturated carbocycles. The second kappa shape index (κ2) is 5.33.